The first-order valence-electron chi connectivity index (χ1n) is 6.33. The van der Waals surface area contributed by atoms with Crippen molar-refractivity contribution in [2.24, 2.45) is 5.92 Å². The van der Waals surface area contributed by atoms with Crippen molar-refractivity contribution in [2.45, 2.75) is 45.1 Å². The molecule has 5 heteroatoms. The van der Waals surface area contributed by atoms with Crippen LogP contribution >= 0.6 is 15.9 Å². The number of ether oxygens (including phenoxy) is 1. The zero-order valence-electron chi connectivity index (χ0n) is 11.0. The zero-order valence-corrected chi connectivity index (χ0v) is 12.6. The minimum atomic E-state index is -0.369. The van der Waals surface area contributed by atoms with Gasteiger partial charge in [0, 0.05) is 7.11 Å². The highest BCUT2D eigenvalue weighted by Crippen LogP contribution is 2.42. The summed E-state index contributed by atoms with van der Waals surface area (Å²) in [7, 11) is 1.68. The van der Waals surface area contributed by atoms with E-state index in [4.69, 9.17) is 4.74 Å². The van der Waals surface area contributed by atoms with E-state index >= 15 is 0 Å². The summed E-state index contributed by atoms with van der Waals surface area (Å²) in [4.78, 5) is 19.4. The Morgan fingerprint density at radius 2 is 2.17 bits per heavy atom. The Morgan fingerprint density at radius 3 is 2.61 bits per heavy atom. The van der Waals surface area contributed by atoms with Crippen LogP contribution in [0.15, 0.2) is 9.27 Å². The molecule has 0 aliphatic heterocycles. The maximum absolute atomic E-state index is 11.9. The quantitative estimate of drug-likeness (QED) is 0.929. The first kappa shape index (κ1) is 13.7. The molecule has 1 aromatic heterocycles. The van der Waals surface area contributed by atoms with Crippen molar-refractivity contribution in [2.75, 3.05) is 7.11 Å². The van der Waals surface area contributed by atoms with E-state index in [1.807, 2.05) is 0 Å². The molecular formula is C13H19BrN2O2. The van der Waals surface area contributed by atoms with Crippen LogP contribution in [0.25, 0.3) is 0 Å². The number of aromatic nitrogens is 2. The van der Waals surface area contributed by atoms with E-state index in [-0.39, 0.29) is 11.2 Å². The Morgan fingerprint density at radius 1 is 1.50 bits per heavy atom. The van der Waals surface area contributed by atoms with Crippen LogP contribution in [-0.2, 0) is 16.8 Å². The summed E-state index contributed by atoms with van der Waals surface area (Å²) in [5.41, 5.74) is 0.344. The van der Waals surface area contributed by atoms with E-state index in [0.29, 0.717) is 16.2 Å². The van der Waals surface area contributed by atoms with Crippen LogP contribution in [0.3, 0.4) is 0 Å². The molecule has 1 N–H and O–H groups in total. The van der Waals surface area contributed by atoms with Crippen molar-refractivity contribution in [3.05, 3.63) is 26.3 Å². The summed E-state index contributed by atoms with van der Waals surface area (Å²) >= 11 is 3.32. The fourth-order valence-corrected chi connectivity index (χ4v) is 2.63. The van der Waals surface area contributed by atoms with Gasteiger partial charge in [-0.15, -0.1) is 0 Å². The second kappa shape index (κ2) is 5.13. The molecule has 0 radical (unpaired) electrons. The molecule has 0 saturated heterocycles. The molecule has 0 aromatic carbocycles. The number of rotatable bonds is 4. The molecule has 1 aliphatic carbocycles. The summed E-state index contributed by atoms with van der Waals surface area (Å²) < 4.78 is 6.11. The van der Waals surface area contributed by atoms with Crippen molar-refractivity contribution in [1.82, 2.24) is 9.97 Å². The molecule has 0 unspecified atom stereocenters. The molecule has 0 amide bonds. The third kappa shape index (κ3) is 2.38. The second-order valence-corrected chi connectivity index (χ2v) is 6.12. The number of nitrogens with one attached hydrogen (secondary N) is 1. The highest BCUT2D eigenvalue weighted by molar-refractivity contribution is 9.10. The highest BCUT2D eigenvalue weighted by Gasteiger charge is 2.41. The predicted octanol–water partition coefficient (Wildman–Crippen LogP) is 2.76. The van der Waals surface area contributed by atoms with Crippen LogP contribution in [0.2, 0.25) is 0 Å². The number of methoxy groups -OCH3 is 1. The molecule has 100 valence electrons. The zero-order chi connectivity index (χ0) is 13.3. The summed E-state index contributed by atoms with van der Waals surface area (Å²) in [5.74, 6) is 1.14. The number of H-pyrrole nitrogens is 1. The van der Waals surface area contributed by atoms with Gasteiger partial charge in [-0.1, -0.05) is 13.8 Å². The third-order valence-corrected chi connectivity index (χ3v) is 4.33. The van der Waals surface area contributed by atoms with Gasteiger partial charge in [-0.2, -0.15) is 0 Å². The molecular weight excluding hydrogens is 296 g/mol. The summed E-state index contributed by atoms with van der Waals surface area (Å²) in [6, 6.07) is 0. The molecule has 2 rings (SSSR count). The van der Waals surface area contributed by atoms with Crippen molar-refractivity contribution in [3.63, 3.8) is 0 Å². The summed E-state index contributed by atoms with van der Waals surface area (Å²) in [6.07, 6.45) is 3.76. The van der Waals surface area contributed by atoms with Gasteiger partial charge in [-0.25, -0.2) is 4.98 Å². The molecule has 1 fully saturated rings. The van der Waals surface area contributed by atoms with Crippen LogP contribution in [-0.4, -0.2) is 17.1 Å². The van der Waals surface area contributed by atoms with Gasteiger partial charge in [0.15, 0.2) is 0 Å². The Bertz CT molecular complexity index is 487. The lowest BCUT2D eigenvalue weighted by Gasteiger charge is -2.39. The van der Waals surface area contributed by atoms with Crippen LogP contribution in [0.1, 0.15) is 44.6 Å². The van der Waals surface area contributed by atoms with Crippen LogP contribution in [0.4, 0.5) is 0 Å². The number of aromatic amines is 1. The number of hydrogen-bond donors (Lipinski definition) is 1. The normalized spacial score (nSPS) is 17.8. The van der Waals surface area contributed by atoms with E-state index in [2.05, 4.69) is 39.7 Å². The van der Waals surface area contributed by atoms with Crippen LogP contribution in [0.5, 0.6) is 0 Å². The lowest BCUT2D eigenvalue weighted by atomic mass is 9.79. The minimum Gasteiger partial charge on any atom is -0.370 e. The Kier molecular flexibility index (Phi) is 3.92. The second-order valence-electron chi connectivity index (χ2n) is 5.33. The maximum atomic E-state index is 11.9. The average Bonchev–Trinajstić information content (AvgIpc) is 2.23. The molecule has 1 heterocycles. The SMILES string of the molecule is COC1(c2nc(CC(C)C)c(Br)c(=O)[nH]2)CCC1. The summed E-state index contributed by atoms with van der Waals surface area (Å²) in [5, 5.41) is 0. The monoisotopic (exact) mass is 314 g/mol. The Balaban J connectivity index is 2.44. The third-order valence-electron chi connectivity index (χ3n) is 3.52. The Labute approximate surface area is 115 Å². The van der Waals surface area contributed by atoms with Crippen LogP contribution in [0, 0.1) is 5.92 Å². The smallest absolute Gasteiger partial charge is 0.265 e. The molecule has 1 saturated carbocycles. The topological polar surface area (TPSA) is 55.0 Å². The van der Waals surface area contributed by atoms with Crippen molar-refractivity contribution in [3.8, 4) is 0 Å². The molecule has 1 aromatic rings. The standard InChI is InChI=1S/C13H19BrN2O2/c1-8(2)7-9-10(14)11(17)16-12(15-9)13(18-3)5-4-6-13/h8H,4-7H2,1-3H3,(H,15,16,17). The first-order valence-corrected chi connectivity index (χ1v) is 7.12. The largest absolute Gasteiger partial charge is 0.370 e. The fourth-order valence-electron chi connectivity index (χ4n) is 2.28. The lowest BCUT2D eigenvalue weighted by molar-refractivity contribution is -0.0850. The van der Waals surface area contributed by atoms with E-state index in [0.717, 1.165) is 31.4 Å². The van der Waals surface area contributed by atoms with Gasteiger partial charge in [0.05, 0.1) is 5.69 Å². The van der Waals surface area contributed by atoms with Gasteiger partial charge in [-0.05, 0) is 47.5 Å². The molecule has 4 nitrogen and oxygen atoms in total. The van der Waals surface area contributed by atoms with Crippen molar-refractivity contribution < 1.29 is 4.74 Å². The number of hydrogen-bond acceptors (Lipinski definition) is 3. The predicted molar refractivity (Wildman–Crippen MR) is 73.6 cm³/mol. The van der Waals surface area contributed by atoms with Gasteiger partial charge in [-0.3, -0.25) is 4.79 Å². The average molecular weight is 315 g/mol. The molecule has 18 heavy (non-hydrogen) atoms. The van der Waals surface area contributed by atoms with Crippen molar-refractivity contribution >= 4 is 15.9 Å². The van der Waals surface area contributed by atoms with Gasteiger partial charge in [0.1, 0.15) is 15.9 Å². The lowest BCUT2D eigenvalue weighted by Crippen LogP contribution is -2.40. The van der Waals surface area contributed by atoms with Crippen LogP contribution < -0.4 is 5.56 Å². The van der Waals surface area contributed by atoms with Gasteiger partial charge >= 0.3 is 0 Å². The number of nitrogens with zero attached hydrogens (tertiary/aromatic N) is 1. The van der Waals surface area contributed by atoms with Gasteiger partial charge in [0.2, 0.25) is 0 Å². The maximum Gasteiger partial charge on any atom is 0.265 e. The Hall–Kier alpha value is -0.680. The van der Waals surface area contributed by atoms with Gasteiger partial charge in [0.25, 0.3) is 5.56 Å². The highest BCUT2D eigenvalue weighted by atomic mass is 79.9. The van der Waals surface area contributed by atoms with E-state index in [9.17, 15) is 4.79 Å². The van der Waals surface area contributed by atoms with E-state index < -0.39 is 0 Å². The van der Waals surface area contributed by atoms with Crippen molar-refractivity contribution in [1.29, 1.82) is 0 Å². The first-order chi connectivity index (χ1) is 8.48. The van der Waals surface area contributed by atoms with E-state index in [1.54, 1.807) is 7.11 Å². The number of halogens is 1. The fraction of sp³-hybridized carbons (Fsp3) is 0.692. The summed E-state index contributed by atoms with van der Waals surface area (Å²) in [6.45, 7) is 4.23. The molecule has 0 spiro atoms. The minimum absolute atomic E-state index is 0.112. The van der Waals surface area contributed by atoms with Gasteiger partial charge < -0.3 is 9.72 Å². The molecule has 0 bridgehead atoms. The van der Waals surface area contributed by atoms with E-state index in [1.165, 1.54) is 0 Å². The molecule has 1 aliphatic rings. The molecule has 0 atom stereocenters.